The number of allylic oxidation sites excluding steroid dienone is 1. The van der Waals surface area contributed by atoms with Crippen molar-refractivity contribution in [3.05, 3.63) is 88.4 Å². The van der Waals surface area contributed by atoms with E-state index >= 15 is 0 Å². The van der Waals surface area contributed by atoms with Gasteiger partial charge in [-0.2, -0.15) is 11.3 Å². The first-order chi connectivity index (χ1) is 11.8. The fraction of sp³-hybridized carbons (Fsp3) is 0. The lowest BCUT2D eigenvalue weighted by atomic mass is 10.0. The van der Waals surface area contributed by atoms with E-state index in [1.807, 2.05) is 77.5 Å². The van der Waals surface area contributed by atoms with E-state index in [2.05, 4.69) is 9.97 Å². The quantitative estimate of drug-likeness (QED) is 0.420. The van der Waals surface area contributed by atoms with Crippen LogP contribution in [0.3, 0.4) is 0 Å². The van der Waals surface area contributed by atoms with E-state index in [1.165, 1.54) is 0 Å². The van der Waals surface area contributed by atoms with Gasteiger partial charge in [0.25, 0.3) is 0 Å². The number of fused-ring (bicyclic) bond motifs is 1. The molecule has 2 aromatic heterocycles. The Kier molecular flexibility index (Phi) is 3.81. The molecule has 2 aromatic carbocycles. The molecule has 4 rings (SSSR count). The van der Waals surface area contributed by atoms with E-state index in [0.29, 0.717) is 17.0 Å². The molecular formula is C20H14N2OS. The molecule has 4 heteroatoms. The first-order valence-corrected chi connectivity index (χ1v) is 8.54. The topological polar surface area (TPSA) is 45.8 Å². The van der Waals surface area contributed by atoms with E-state index in [4.69, 9.17) is 0 Å². The summed E-state index contributed by atoms with van der Waals surface area (Å²) >= 11 is 1.60. The molecule has 4 aromatic rings. The van der Waals surface area contributed by atoms with Crippen molar-refractivity contribution >= 4 is 39.8 Å². The molecular weight excluding hydrogens is 316 g/mol. The number of thiophene rings is 1. The number of aromatic nitrogens is 2. The van der Waals surface area contributed by atoms with Gasteiger partial charge in [-0.25, -0.2) is 4.98 Å². The SMILES string of the molecule is O=C(/C(=C\c1ccsc1)c1nc2ccccc2[nH]1)c1ccccc1. The van der Waals surface area contributed by atoms with E-state index in [9.17, 15) is 4.79 Å². The summed E-state index contributed by atoms with van der Waals surface area (Å²) in [5.74, 6) is 0.553. The molecule has 0 aliphatic heterocycles. The van der Waals surface area contributed by atoms with Crippen LogP contribution in [0.5, 0.6) is 0 Å². The number of imidazole rings is 1. The molecule has 0 fully saturated rings. The third kappa shape index (κ3) is 2.79. The number of Topliss-reactive ketones (excluding diaryl/α,β-unsaturated/α-hetero) is 1. The van der Waals surface area contributed by atoms with Gasteiger partial charge in [-0.05, 0) is 40.6 Å². The summed E-state index contributed by atoms with van der Waals surface area (Å²) < 4.78 is 0. The first-order valence-electron chi connectivity index (χ1n) is 7.60. The molecule has 0 saturated heterocycles. The molecule has 0 aliphatic carbocycles. The van der Waals surface area contributed by atoms with Gasteiger partial charge in [0.15, 0.2) is 5.78 Å². The molecule has 1 N–H and O–H groups in total. The summed E-state index contributed by atoms with van der Waals surface area (Å²) in [4.78, 5) is 20.9. The third-order valence-corrected chi connectivity index (χ3v) is 4.48. The van der Waals surface area contributed by atoms with Crippen molar-refractivity contribution in [3.63, 3.8) is 0 Å². The normalized spacial score (nSPS) is 11.8. The average Bonchev–Trinajstić information content (AvgIpc) is 3.29. The Labute approximate surface area is 143 Å². The van der Waals surface area contributed by atoms with Crippen molar-refractivity contribution in [2.24, 2.45) is 0 Å². The van der Waals surface area contributed by atoms with Crippen molar-refractivity contribution in [2.45, 2.75) is 0 Å². The number of hydrogen-bond acceptors (Lipinski definition) is 3. The van der Waals surface area contributed by atoms with Gasteiger partial charge in [-0.1, -0.05) is 42.5 Å². The second-order valence-corrected chi connectivity index (χ2v) is 6.19. The smallest absolute Gasteiger partial charge is 0.196 e. The highest BCUT2D eigenvalue weighted by Gasteiger charge is 2.18. The highest BCUT2D eigenvalue weighted by atomic mass is 32.1. The van der Waals surface area contributed by atoms with Crippen LogP contribution in [0.25, 0.3) is 22.7 Å². The van der Waals surface area contributed by atoms with Gasteiger partial charge >= 0.3 is 0 Å². The number of carbonyl (C=O) groups is 1. The molecule has 0 aliphatic rings. The summed E-state index contributed by atoms with van der Waals surface area (Å²) in [6.07, 6.45) is 1.89. The molecule has 0 unspecified atom stereocenters. The van der Waals surface area contributed by atoms with E-state index in [-0.39, 0.29) is 5.78 Å². The van der Waals surface area contributed by atoms with Crippen LogP contribution in [0.2, 0.25) is 0 Å². The largest absolute Gasteiger partial charge is 0.338 e. The zero-order valence-electron chi connectivity index (χ0n) is 12.8. The van der Waals surface area contributed by atoms with E-state index < -0.39 is 0 Å². The predicted octanol–water partition coefficient (Wildman–Crippen LogP) is 5.05. The maximum atomic E-state index is 13.0. The highest BCUT2D eigenvalue weighted by molar-refractivity contribution is 7.08. The van der Waals surface area contributed by atoms with Crippen LogP contribution in [0, 0.1) is 0 Å². The van der Waals surface area contributed by atoms with Gasteiger partial charge in [0.05, 0.1) is 16.6 Å². The monoisotopic (exact) mass is 330 g/mol. The summed E-state index contributed by atoms with van der Waals surface area (Å²) in [7, 11) is 0. The minimum Gasteiger partial charge on any atom is -0.338 e. The van der Waals surface area contributed by atoms with Crippen molar-refractivity contribution in [2.75, 3.05) is 0 Å². The Hall–Kier alpha value is -2.98. The lowest BCUT2D eigenvalue weighted by molar-refractivity contribution is 0.105. The minimum absolute atomic E-state index is 0.0409. The summed E-state index contributed by atoms with van der Waals surface area (Å²) in [5, 5.41) is 4.01. The standard InChI is InChI=1S/C20H14N2OS/c23-19(15-6-2-1-3-7-15)16(12-14-10-11-24-13-14)20-21-17-8-4-5-9-18(17)22-20/h1-13H,(H,21,22)/b16-12+. The Morgan fingerprint density at radius 2 is 1.79 bits per heavy atom. The first kappa shape index (κ1) is 14.6. The van der Waals surface area contributed by atoms with Crippen molar-refractivity contribution < 1.29 is 4.79 Å². The summed E-state index contributed by atoms with van der Waals surface area (Å²) in [5.41, 5.74) is 3.99. The molecule has 0 atom stereocenters. The number of nitrogens with zero attached hydrogens (tertiary/aromatic N) is 1. The number of ketones is 1. The maximum absolute atomic E-state index is 13.0. The molecule has 0 saturated carbocycles. The zero-order valence-corrected chi connectivity index (χ0v) is 13.6. The van der Waals surface area contributed by atoms with E-state index in [1.54, 1.807) is 11.3 Å². The van der Waals surface area contributed by atoms with Crippen LogP contribution < -0.4 is 0 Å². The Morgan fingerprint density at radius 1 is 1.00 bits per heavy atom. The average molecular weight is 330 g/mol. The minimum atomic E-state index is -0.0409. The number of rotatable bonds is 4. The van der Waals surface area contributed by atoms with Gasteiger partial charge in [0, 0.05) is 5.56 Å². The Balaban J connectivity index is 1.86. The molecule has 24 heavy (non-hydrogen) atoms. The van der Waals surface area contributed by atoms with Crippen LogP contribution in [0.4, 0.5) is 0 Å². The number of para-hydroxylation sites is 2. The maximum Gasteiger partial charge on any atom is 0.196 e. The van der Waals surface area contributed by atoms with Crippen LogP contribution in [0.15, 0.2) is 71.4 Å². The zero-order chi connectivity index (χ0) is 16.4. The molecule has 116 valence electrons. The number of hydrogen-bond donors (Lipinski definition) is 1. The van der Waals surface area contributed by atoms with Crippen molar-refractivity contribution in [3.8, 4) is 0 Å². The fourth-order valence-corrected chi connectivity index (χ4v) is 3.21. The molecule has 2 heterocycles. The number of benzene rings is 2. The van der Waals surface area contributed by atoms with Gasteiger partial charge in [0.1, 0.15) is 5.82 Å². The third-order valence-electron chi connectivity index (χ3n) is 3.78. The highest BCUT2D eigenvalue weighted by Crippen LogP contribution is 2.24. The van der Waals surface area contributed by atoms with Crippen LogP contribution >= 0.6 is 11.3 Å². The molecule has 0 amide bonds. The summed E-state index contributed by atoms with van der Waals surface area (Å²) in [6, 6.07) is 19.1. The van der Waals surface area contributed by atoms with Crippen LogP contribution in [-0.2, 0) is 0 Å². The van der Waals surface area contributed by atoms with Crippen molar-refractivity contribution in [1.29, 1.82) is 0 Å². The summed E-state index contributed by atoms with van der Waals surface area (Å²) in [6.45, 7) is 0. The van der Waals surface area contributed by atoms with Crippen LogP contribution in [0.1, 0.15) is 21.7 Å². The van der Waals surface area contributed by atoms with E-state index in [0.717, 1.165) is 16.6 Å². The van der Waals surface area contributed by atoms with Gasteiger partial charge < -0.3 is 4.98 Å². The molecule has 0 spiro atoms. The number of aromatic amines is 1. The van der Waals surface area contributed by atoms with Crippen molar-refractivity contribution in [1.82, 2.24) is 9.97 Å². The Bertz CT molecular complexity index is 981. The predicted molar refractivity (Wildman–Crippen MR) is 99.1 cm³/mol. The number of carbonyl (C=O) groups excluding carboxylic acids is 1. The lowest BCUT2D eigenvalue weighted by Crippen LogP contribution is -2.04. The second-order valence-electron chi connectivity index (χ2n) is 5.41. The lowest BCUT2D eigenvalue weighted by Gasteiger charge is -2.04. The second kappa shape index (κ2) is 6.26. The van der Waals surface area contributed by atoms with Crippen LogP contribution in [-0.4, -0.2) is 15.8 Å². The molecule has 0 radical (unpaired) electrons. The Morgan fingerprint density at radius 3 is 2.54 bits per heavy atom. The fourth-order valence-electron chi connectivity index (χ4n) is 2.59. The molecule has 0 bridgehead atoms. The van der Waals surface area contributed by atoms with Gasteiger partial charge in [-0.15, -0.1) is 0 Å². The number of H-pyrrole nitrogens is 1. The number of nitrogens with one attached hydrogen (secondary N) is 1. The molecule has 3 nitrogen and oxygen atoms in total. The van der Waals surface area contributed by atoms with Gasteiger partial charge in [0.2, 0.25) is 0 Å². The van der Waals surface area contributed by atoms with Gasteiger partial charge in [-0.3, -0.25) is 4.79 Å².